The van der Waals surface area contributed by atoms with E-state index in [4.69, 9.17) is 9.72 Å². The number of hydrogen-bond acceptors (Lipinski definition) is 4. The number of nitrogens with one attached hydrogen (secondary N) is 1. The summed E-state index contributed by atoms with van der Waals surface area (Å²) in [5.41, 5.74) is 0.946. The second-order valence-electron chi connectivity index (χ2n) is 13.7. The Morgan fingerprint density at radius 1 is 1.03 bits per heavy atom. The van der Waals surface area contributed by atoms with Gasteiger partial charge in [0.05, 0.1) is 6.10 Å². The quantitative estimate of drug-likeness (QED) is 0.345. The highest BCUT2D eigenvalue weighted by Gasteiger charge is 2.34. The van der Waals surface area contributed by atoms with Gasteiger partial charge in [0.2, 0.25) is 0 Å². The molecule has 6 heteroatoms. The van der Waals surface area contributed by atoms with Crippen LogP contribution in [-0.4, -0.2) is 34.1 Å². The average Bonchev–Trinajstić information content (AvgIpc) is 3.40. The molecule has 1 aromatic heterocycles. The second kappa shape index (κ2) is 11.9. The summed E-state index contributed by atoms with van der Waals surface area (Å²) < 4.78 is 6.50. The summed E-state index contributed by atoms with van der Waals surface area (Å²) in [6.45, 7) is 12.5. The Bertz CT molecular complexity index is 1170. The third-order valence-corrected chi connectivity index (χ3v) is 9.45. The van der Waals surface area contributed by atoms with E-state index in [-0.39, 0.29) is 11.8 Å². The van der Waals surface area contributed by atoms with E-state index in [0.29, 0.717) is 11.3 Å². The van der Waals surface area contributed by atoms with E-state index >= 15 is 0 Å². The SMILES string of the molecule is CCC(C)(C)[C@H]1CC[C@H](Oc2ccc3cc(C(=O)N[C@@H](C(=O)O)C(C)(C)C)nc(CC4CCCC4)c3c2)CC1. The minimum atomic E-state index is -1.04. The van der Waals surface area contributed by atoms with Crippen LogP contribution in [-0.2, 0) is 11.2 Å². The average molecular weight is 537 g/mol. The van der Waals surface area contributed by atoms with E-state index in [0.717, 1.165) is 47.4 Å². The summed E-state index contributed by atoms with van der Waals surface area (Å²) in [6.07, 6.45) is 11.7. The first-order valence-electron chi connectivity index (χ1n) is 15.0. The smallest absolute Gasteiger partial charge is 0.326 e. The topological polar surface area (TPSA) is 88.5 Å². The largest absolute Gasteiger partial charge is 0.490 e. The molecule has 0 unspecified atom stereocenters. The molecule has 0 aliphatic heterocycles. The van der Waals surface area contributed by atoms with Crippen LogP contribution in [0, 0.1) is 22.7 Å². The Kier molecular flexibility index (Phi) is 8.92. The molecule has 6 nitrogen and oxygen atoms in total. The van der Waals surface area contributed by atoms with Gasteiger partial charge in [0.1, 0.15) is 17.5 Å². The maximum Gasteiger partial charge on any atom is 0.326 e. The standard InChI is InChI=1S/C33H48N2O4/c1-7-33(5,6)23-13-16-24(17-14-23)39-25-15-12-22-19-28(30(36)35-29(31(37)38)32(2,3)4)34-27(26(22)20-25)18-21-10-8-9-11-21/h12,15,19-21,23-24,29H,7-11,13-14,16-18H2,1-6H3,(H,35,36)(H,37,38)/t23-,24-,29-/m0/s1. The highest BCUT2D eigenvalue weighted by molar-refractivity contribution is 5.99. The van der Waals surface area contributed by atoms with Crippen molar-refractivity contribution in [3.8, 4) is 5.75 Å². The summed E-state index contributed by atoms with van der Waals surface area (Å²) in [6, 6.07) is 6.90. The number of hydrogen-bond donors (Lipinski definition) is 2. The molecule has 0 spiro atoms. The number of pyridine rings is 1. The Hall–Kier alpha value is -2.63. The van der Waals surface area contributed by atoms with Gasteiger partial charge in [0.25, 0.3) is 5.91 Å². The van der Waals surface area contributed by atoms with E-state index in [1.807, 2.05) is 32.9 Å². The van der Waals surface area contributed by atoms with Crippen LogP contribution < -0.4 is 10.1 Å². The molecule has 1 heterocycles. The minimum Gasteiger partial charge on any atom is -0.490 e. The highest BCUT2D eigenvalue weighted by Crippen LogP contribution is 2.41. The van der Waals surface area contributed by atoms with Gasteiger partial charge in [0, 0.05) is 11.1 Å². The van der Waals surface area contributed by atoms with Crippen LogP contribution in [0.1, 0.15) is 116 Å². The molecule has 4 rings (SSSR count). The van der Waals surface area contributed by atoms with Crippen LogP contribution in [0.4, 0.5) is 0 Å². The molecule has 0 saturated heterocycles. The van der Waals surface area contributed by atoms with Gasteiger partial charge in [-0.05, 0) is 78.4 Å². The molecule has 2 N–H and O–H groups in total. The van der Waals surface area contributed by atoms with Crippen molar-refractivity contribution in [3.05, 3.63) is 35.7 Å². The lowest BCUT2D eigenvalue weighted by Gasteiger charge is -2.38. The van der Waals surface area contributed by atoms with Gasteiger partial charge in [0.15, 0.2) is 0 Å². The number of aliphatic carboxylic acids is 1. The van der Waals surface area contributed by atoms with Crippen LogP contribution in [0.3, 0.4) is 0 Å². The highest BCUT2D eigenvalue weighted by atomic mass is 16.5. The van der Waals surface area contributed by atoms with Crippen LogP contribution in [0.25, 0.3) is 10.8 Å². The van der Waals surface area contributed by atoms with E-state index in [1.165, 1.54) is 44.9 Å². The molecule has 0 bridgehead atoms. The summed E-state index contributed by atoms with van der Waals surface area (Å²) in [4.78, 5) is 29.9. The van der Waals surface area contributed by atoms with Crippen molar-refractivity contribution in [2.75, 3.05) is 0 Å². The van der Waals surface area contributed by atoms with Gasteiger partial charge in [-0.3, -0.25) is 4.79 Å². The van der Waals surface area contributed by atoms with Crippen LogP contribution in [0.15, 0.2) is 24.3 Å². The fourth-order valence-corrected chi connectivity index (χ4v) is 6.43. The number of rotatable bonds is 9. The third-order valence-electron chi connectivity index (χ3n) is 9.45. The molecular formula is C33H48N2O4. The first-order chi connectivity index (χ1) is 18.4. The van der Waals surface area contributed by atoms with E-state index < -0.39 is 23.3 Å². The summed E-state index contributed by atoms with van der Waals surface area (Å²) in [7, 11) is 0. The lowest BCUT2D eigenvalue weighted by atomic mass is 9.69. The third kappa shape index (κ3) is 7.12. The number of ether oxygens (including phenoxy) is 1. The fraction of sp³-hybridized carbons (Fsp3) is 0.667. The van der Waals surface area contributed by atoms with Crippen molar-refractivity contribution < 1.29 is 19.4 Å². The van der Waals surface area contributed by atoms with E-state index in [9.17, 15) is 14.7 Å². The zero-order valence-corrected chi connectivity index (χ0v) is 24.8. The maximum atomic E-state index is 13.2. The van der Waals surface area contributed by atoms with Gasteiger partial charge in [-0.25, -0.2) is 9.78 Å². The predicted molar refractivity (Wildman–Crippen MR) is 156 cm³/mol. The fourth-order valence-electron chi connectivity index (χ4n) is 6.43. The molecular weight excluding hydrogens is 488 g/mol. The lowest BCUT2D eigenvalue weighted by molar-refractivity contribution is -0.142. The zero-order valence-electron chi connectivity index (χ0n) is 24.8. The number of carbonyl (C=O) groups is 2. The summed E-state index contributed by atoms with van der Waals surface area (Å²) >= 11 is 0. The van der Waals surface area contributed by atoms with Gasteiger partial charge in [-0.15, -0.1) is 0 Å². The van der Waals surface area contributed by atoms with Gasteiger partial charge in [-0.2, -0.15) is 0 Å². The normalized spacial score (nSPS) is 21.6. The van der Waals surface area contributed by atoms with Crippen molar-refractivity contribution in [2.45, 2.75) is 118 Å². The Morgan fingerprint density at radius 3 is 2.28 bits per heavy atom. The van der Waals surface area contributed by atoms with Gasteiger partial charge < -0.3 is 15.2 Å². The number of amides is 1. The Morgan fingerprint density at radius 2 is 1.69 bits per heavy atom. The first-order valence-corrected chi connectivity index (χ1v) is 15.0. The number of nitrogens with zero attached hydrogens (tertiary/aromatic N) is 1. The Labute approximate surface area is 234 Å². The summed E-state index contributed by atoms with van der Waals surface area (Å²) in [5.74, 6) is 0.689. The number of carbonyl (C=O) groups excluding carboxylic acids is 1. The van der Waals surface area contributed by atoms with Crippen molar-refractivity contribution in [1.29, 1.82) is 0 Å². The van der Waals surface area contributed by atoms with Crippen molar-refractivity contribution >= 4 is 22.6 Å². The molecule has 0 radical (unpaired) electrons. The molecule has 2 saturated carbocycles. The van der Waals surface area contributed by atoms with Crippen LogP contribution in [0.5, 0.6) is 5.75 Å². The summed E-state index contributed by atoms with van der Waals surface area (Å²) in [5, 5.41) is 14.4. The lowest BCUT2D eigenvalue weighted by Crippen LogP contribution is -2.49. The van der Waals surface area contributed by atoms with Gasteiger partial charge >= 0.3 is 5.97 Å². The minimum absolute atomic E-state index is 0.230. The van der Waals surface area contributed by atoms with Crippen LogP contribution in [0.2, 0.25) is 0 Å². The second-order valence-corrected chi connectivity index (χ2v) is 13.7. The number of carboxylic acid groups (broad SMARTS) is 1. The molecule has 1 amide bonds. The number of carboxylic acids is 1. The zero-order chi connectivity index (χ0) is 28.4. The van der Waals surface area contributed by atoms with Crippen molar-refractivity contribution in [1.82, 2.24) is 10.3 Å². The molecule has 39 heavy (non-hydrogen) atoms. The predicted octanol–water partition coefficient (Wildman–Crippen LogP) is 7.57. The molecule has 2 aliphatic rings. The number of fused-ring (bicyclic) bond motifs is 1. The molecule has 1 aromatic carbocycles. The van der Waals surface area contributed by atoms with E-state index in [1.54, 1.807) is 6.07 Å². The first kappa shape index (κ1) is 29.4. The molecule has 2 fully saturated rings. The van der Waals surface area contributed by atoms with Crippen LogP contribution >= 0.6 is 0 Å². The monoisotopic (exact) mass is 536 g/mol. The van der Waals surface area contributed by atoms with Gasteiger partial charge in [-0.1, -0.05) is 79.7 Å². The molecule has 2 aromatic rings. The number of aromatic nitrogens is 1. The Balaban J connectivity index is 1.57. The van der Waals surface area contributed by atoms with Crippen molar-refractivity contribution in [3.63, 3.8) is 0 Å². The van der Waals surface area contributed by atoms with E-state index in [2.05, 4.69) is 32.2 Å². The maximum absolute atomic E-state index is 13.2. The molecule has 1 atom stereocenters. The molecule has 214 valence electrons. The van der Waals surface area contributed by atoms with Crippen molar-refractivity contribution in [2.24, 2.45) is 22.7 Å². The number of benzene rings is 1. The molecule has 2 aliphatic carbocycles.